The summed E-state index contributed by atoms with van der Waals surface area (Å²) >= 11 is 0. The van der Waals surface area contributed by atoms with Crippen molar-refractivity contribution in [2.75, 3.05) is 13.1 Å². The number of carbonyl (C=O) groups excluding carboxylic acids is 2. The Balaban J connectivity index is 1.71. The van der Waals surface area contributed by atoms with Crippen LogP contribution in [0.1, 0.15) is 40.1 Å². The number of carbonyl (C=O) groups is 2. The molecule has 6 nitrogen and oxygen atoms in total. The number of amides is 2. The summed E-state index contributed by atoms with van der Waals surface area (Å²) in [7, 11) is 0. The highest BCUT2D eigenvalue weighted by Gasteiger charge is 2.25. The number of hydrogen-bond donors (Lipinski definition) is 2. The fraction of sp³-hybridized carbons (Fsp3) is 0.333. The second kappa shape index (κ2) is 8.22. The van der Waals surface area contributed by atoms with Crippen molar-refractivity contribution in [3.05, 3.63) is 65.2 Å². The molecule has 0 spiro atoms. The Morgan fingerprint density at radius 1 is 1.11 bits per heavy atom. The first-order valence-electron chi connectivity index (χ1n) is 9.10. The fourth-order valence-corrected chi connectivity index (χ4v) is 3.43. The van der Waals surface area contributed by atoms with E-state index in [4.69, 9.17) is 10.5 Å². The Bertz CT molecular complexity index is 827. The van der Waals surface area contributed by atoms with Crippen LogP contribution in [0.25, 0.3) is 0 Å². The van der Waals surface area contributed by atoms with Gasteiger partial charge < -0.3 is 20.7 Å². The standard InChI is InChI=1S/C21H25N3O3/c1-14-11-24(12-15(2)23-14)21(26)17-7-5-6-16(10-17)13-27-19-9-4-3-8-18(19)20(22)25/h3-10,14-15,23H,11-13H2,1-2H3,(H2,22,25). The van der Waals surface area contributed by atoms with Gasteiger partial charge in [-0.05, 0) is 43.7 Å². The van der Waals surface area contributed by atoms with E-state index < -0.39 is 5.91 Å². The molecule has 0 aliphatic carbocycles. The molecular weight excluding hydrogens is 342 g/mol. The first-order valence-corrected chi connectivity index (χ1v) is 9.10. The smallest absolute Gasteiger partial charge is 0.253 e. The van der Waals surface area contributed by atoms with Crippen molar-refractivity contribution in [1.29, 1.82) is 0 Å². The molecule has 3 rings (SSSR count). The van der Waals surface area contributed by atoms with Gasteiger partial charge in [0.2, 0.25) is 0 Å². The Labute approximate surface area is 159 Å². The quantitative estimate of drug-likeness (QED) is 0.848. The number of ether oxygens (including phenoxy) is 1. The lowest BCUT2D eigenvalue weighted by atomic mass is 10.1. The largest absolute Gasteiger partial charge is 0.488 e. The van der Waals surface area contributed by atoms with E-state index in [0.29, 0.717) is 30.0 Å². The molecule has 27 heavy (non-hydrogen) atoms. The molecule has 6 heteroatoms. The maximum absolute atomic E-state index is 12.9. The zero-order valence-electron chi connectivity index (χ0n) is 15.6. The zero-order chi connectivity index (χ0) is 19.4. The highest BCUT2D eigenvalue weighted by molar-refractivity contribution is 5.95. The number of rotatable bonds is 5. The molecule has 0 saturated carbocycles. The molecule has 2 unspecified atom stereocenters. The van der Waals surface area contributed by atoms with Crippen molar-refractivity contribution in [2.24, 2.45) is 5.73 Å². The lowest BCUT2D eigenvalue weighted by molar-refractivity contribution is 0.0673. The van der Waals surface area contributed by atoms with Crippen molar-refractivity contribution in [3.63, 3.8) is 0 Å². The maximum Gasteiger partial charge on any atom is 0.253 e. The summed E-state index contributed by atoms with van der Waals surface area (Å²) in [5, 5.41) is 3.43. The van der Waals surface area contributed by atoms with Crippen molar-refractivity contribution >= 4 is 11.8 Å². The zero-order valence-corrected chi connectivity index (χ0v) is 15.6. The van der Waals surface area contributed by atoms with Gasteiger partial charge >= 0.3 is 0 Å². The average Bonchev–Trinajstić information content (AvgIpc) is 2.65. The Morgan fingerprint density at radius 2 is 1.81 bits per heavy atom. The number of nitrogens with zero attached hydrogens (tertiary/aromatic N) is 1. The third kappa shape index (κ3) is 4.65. The molecule has 1 heterocycles. The minimum atomic E-state index is -0.531. The van der Waals surface area contributed by atoms with E-state index >= 15 is 0 Å². The minimum absolute atomic E-state index is 0.0228. The van der Waals surface area contributed by atoms with Gasteiger partial charge in [0, 0.05) is 30.7 Å². The Morgan fingerprint density at radius 3 is 2.52 bits per heavy atom. The van der Waals surface area contributed by atoms with Gasteiger partial charge in [-0.25, -0.2) is 0 Å². The summed E-state index contributed by atoms with van der Waals surface area (Å²) < 4.78 is 5.76. The first-order chi connectivity index (χ1) is 12.9. The van der Waals surface area contributed by atoms with E-state index in [1.807, 2.05) is 29.2 Å². The molecule has 2 amide bonds. The third-order valence-electron chi connectivity index (χ3n) is 4.57. The molecule has 1 aliphatic heterocycles. The van der Waals surface area contributed by atoms with E-state index in [2.05, 4.69) is 19.2 Å². The van der Waals surface area contributed by atoms with Gasteiger partial charge in [0.1, 0.15) is 12.4 Å². The second-order valence-corrected chi connectivity index (χ2v) is 7.03. The van der Waals surface area contributed by atoms with Crippen molar-refractivity contribution in [2.45, 2.75) is 32.5 Å². The topological polar surface area (TPSA) is 84.7 Å². The second-order valence-electron chi connectivity index (χ2n) is 7.03. The van der Waals surface area contributed by atoms with Crippen LogP contribution in [0.2, 0.25) is 0 Å². The average molecular weight is 367 g/mol. The lowest BCUT2D eigenvalue weighted by Crippen LogP contribution is -2.55. The van der Waals surface area contributed by atoms with Crippen LogP contribution in [-0.2, 0) is 6.61 Å². The summed E-state index contributed by atoms with van der Waals surface area (Å²) in [4.78, 5) is 26.2. The highest BCUT2D eigenvalue weighted by atomic mass is 16.5. The van der Waals surface area contributed by atoms with Gasteiger partial charge in [0.05, 0.1) is 5.56 Å². The SMILES string of the molecule is CC1CN(C(=O)c2cccc(COc3ccccc3C(N)=O)c2)CC(C)N1. The minimum Gasteiger partial charge on any atom is -0.488 e. The number of benzene rings is 2. The van der Waals surface area contributed by atoms with Crippen LogP contribution in [0.15, 0.2) is 48.5 Å². The summed E-state index contributed by atoms with van der Waals surface area (Å²) in [6.45, 7) is 5.79. The van der Waals surface area contributed by atoms with Crippen molar-refractivity contribution < 1.29 is 14.3 Å². The normalized spacial score (nSPS) is 19.6. The molecule has 3 N–H and O–H groups in total. The summed E-state index contributed by atoms with van der Waals surface area (Å²) in [6.07, 6.45) is 0. The molecule has 2 aromatic carbocycles. The molecule has 0 bridgehead atoms. The van der Waals surface area contributed by atoms with Crippen molar-refractivity contribution in [1.82, 2.24) is 10.2 Å². The van der Waals surface area contributed by atoms with Crippen LogP contribution >= 0.6 is 0 Å². The molecule has 0 aromatic heterocycles. The number of nitrogens with one attached hydrogen (secondary N) is 1. The fourth-order valence-electron chi connectivity index (χ4n) is 3.43. The predicted octanol–water partition coefficient (Wildman–Crippen LogP) is 2.19. The first kappa shape index (κ1) is 18.9. The predicted molar refractivity (Wildman–Crippen MR) is 104 cm³/mol. The molecule has 1 saturated heterocycles. The molecule has 1 fully saturated rings. The molecule has 142 valence electrons. The number of hydrogen-bond acceptors (Lipinski definition) is 4. The van der Waals surface area contributed by atoms with Gasteiger partial charge in [-0.3, -0.25) is 9.59 Å². The van der Waals surface area contributed by atoms with E-state index in [1.165, 1.54) is 0 Å². The molecule has 1 aliphatic rings. The Kier molecular flexibility index (Phi) is 5.76. The van der Waals surface area contributed by atoms with Crippen LogP contribution in [0.3, 0.4) is 0 Å². The van der Waals surface area contributed by atoms with E-state index in [9.17, 15) is 9.59 Å². The van der Waals surface area contributed by atoms with Gasteiger partial charge in [0.25, 0.3) is 11.8 Å². The number of piperazine rings is 1. The van der Waals surface area contributed by atoms with Gasteiger partial charge in [-0.1, -0.05) is 24.3 Å². The van der Waals surface area contributed by atoms with Gasteiger partial charge in [-0.15, -0.1) is 0 Å². The van der Waals surface area contributed by atoms with Crippen LogP contribution in [-0.4, -0.2) is 41.9 Å². The number of primary amides is 1. The van der Waals surface area contributed by atoms with E-state index in [0.717, 1.165) is 5.56 Å². The summed E-state index contributed by atoms with van der Waals surface area (Å²) in [6, 6.07) is 14.8. The lowest BCUT2D eigenvalue weighted by Gasteiger charge is -2.36. The summed E-state index contributed by atoms with van der Waals surface area (Å²) in [5.74, 6) is -0.0717. The third-order valence-corrected chi connectivity index (χ3v) is 4.57. The van der Waals surface area contributed by atoms with Crippen molar-refractivity contribution in [3.8, 4) is 5.75 Å². The number of para-hydroxylation sites is 1. The highest BCUT2D eigenvalue weighted by Crippen LogP contribution is 2.19. The molecule has 2 atom stereocenters. The number of nitrogens with two attached hydrogens (primary N) is 1. The maximum atomic E-state index is 12.9. The van der Waals surface area contributed by atoms with E-state index in [1.54, 1.807) is 24.3 Å². The van der Waals surface area contributed by atoms with Crippen LogP contribution in [0, 0.1) is 0 Å². The van der Waals surface area contributed by atoms with Gasteiger partial charge in [0.15, 0.2) is 0 Å². The van der Waals surface area contributed by atoms with E-state index in [-0.39, 0.29) is 24.6 Å². The van der Waals surface area contributed by atoms with Crippen LogP contribution < -0.4 is 15.8 Å². The Hall–Kier alpha value is -2.86. The van der Waals surface area contributed by atoms with Gasteiger partial charge in [-0.2, -0.15) is 0 Å². The van der Waals surface area contributed by atoms with Crippen LogP contribution in [0.4, 0.5) is 0 Å². The molecular formula is C21H25N3O3. The molecule has 0 radical (unpaired) electrons. The summed E-state index contributed by atoms with van der Waals surface area (Å²) in [5.41, 5.74) is 7.22. The molecule has 2 aromatic rings. The van der Waals surface area contributed by atoms with Crippen LogP contribution in [0.5, 0.6) is 5.75 Å². The monoisotopic (exact) mass is 367 g/mol.